The normalized spacial score (nSPS) is 21.7. The van der Waals surface area contributed by atoms with Gasteiger partial charge in [0.25, 0.3) is 0 Å². The molecule has 1 saturated carbocycles. The van der Waals surface area contributed by atoms with Gasteiger partial charge in [0, 0.05) is 47.2 Å². The largest absolute Gasteiger partial charge is 0.482 e. The van der Waals surface area contributed by atoms with Crippen LogP contribution >= 0.6 is 23.2 Å². The number of nitrogens with zero attached hydrogens (tertiary/aromatic N) is 4. The lowest BCUT2D eigenvalue weighted by atomic mass is 9.61. The van der Waals surface area contributed by atoms with Crippen molar-refractivity contribution in [1.82, 2.24) is 19.7 Å². The first-order valence-electron chi connectivity index (χ1n) is 13.4. The van der Waals surface area contributed by atoms with E-state index in [1.54, 1.807) is 25.4 Å². The van der Waals surface area contributed by atoms with Gasteiger partial charge >= 0.3 is 6.09 Å². The molecular formula is C29H34Cl2FN5O3. The van der Waals surface area contributed by atoms with Gasteiger partial charge in [0.1, 0.15) is 17.5 Å². The predicted octanol–water partition coefficient (Wildman–Crippen LogP) is 7.47. The number of nitrogens with two attached hydrogens (primary N) is 1. The zero-order valence-electron chi connectivity index (χ0n) is 23.1. The molecule has 5 rings (SSSR count). The van der Waals surface area contributed by atoms with Crippen LogP contribution in [0.2, 0.25) is 10.0 Å². The topological polar surface area (TPSA) is 95.5 Å². The number of carbonyl (C=O) groups is 1. The van der Waals surface area contributed by atoms with E-state index in [1.165, 1.54) is 12.1 Å². The molecule has 8 nitrogen and oxygen atoms in total. The molecule has 1 spiro atoms. The number of hydrogen-bond acceptors (Lipinski definition) is 6. The van der Waals surface area contributed by atoms with Crippen LogP contribution in [0.4, 0.5) is 15.0 Å². The molecule has 0 bridgehead atoms. The highest BCUT2D eigenvalue weighted by molar-refractivity contribution is 6.36. The van der Waals surface area contributed by atoms with Crippen LogP contribution in [0.25, 0.3) is 11.1 Å². The number of pyridine rings is 1. The lowest BCUT2D eigenvalue weighted by molar-refractivity contribution is -0.0365. The van der Waals surface area contributed by atoms with Crippen LogP contribution in [0.3, 0.4) is 0 Å². The van der Waals surface area contributed by atoms with Gasteiger partial charge in [-0.1, -0.05) is 23.2 Å². The standard InChI is InChI=1S/C29H34Cl2FN5O3/c1-17(24-21(30)6-7-22(32)25(24)31)39-23-10-18(13-34-26(23)33)19-14-35-37(15-19)20-11-29(12-20)8-5-9-36(16-29)27(38)40-28(2,3)4/h6-7,10,13-15,17,20H,5,8-9,11-12,16H2,1-4H3,(H2,33,34). The zero-order valence-corrected chi connectivity index (χ0v) is 24.6. The Bertz CT molecular complexity index is 1420. The van der Waals surface area contributed by atoms with Crippen molar-refractivity contribution >= 4 is 35.1 Å². The maximum absolute atomic E-state index is 14.0. The molecule has 11 heteroatoms. The first kappa shape index (κ1) is 28.5. The molecule has 1 unspecified atom stereocenters. The maximum Gasteiger partial charge on any atom is 0.410 e. The number of halogens is 3. The lowest BCUT2D eigenvalue weighted by Gasteiger charge is -2.52. The number of rotatable bonds is 5. The average molecular weight is 591 g/mol. The zero-order chi connectivity index (χ0) is 28.8. The summed E-state index contributed by atoms with van der Waals surface area (Å²) in [5.74, 6) is -0.0482. The third kappa shape index (κ3) is 5.86. The van der Waals surface area contributed by atoms with Crippen molar-refractivity contribution in [3.05, 3.63) is 58.2 Å². The second kappa shape index (κ2) is 10.7. The Morgan fingerprint density at radius 2 is 1.98 bits per heavy atom. The summed E-state index contributed by atoms with van der Waals surface area (Å²) in [5.41, 5.74) is 7.68. The van der Waals surface area contributed by atoms with Crippen molar-refractivity contribution in [2.45, 2.75) is 71.1 Å². The van der Waals surface area contributed by atoms with Crippen LogP contribution in [-0.2, 0) is 4.74 Å². The third-order valence-corrected chi connectivity index (χ3v) is 8.34. The predicted molar refractivity (Wildman–Crippen MR) is 153 cm³/mol. The molecule has 2 aliphatic rings. The summed E-state index contributed by atoms with van der Waals surface area (Å²) in [6.07, 6.45) is 8.52. The van der Waals surface area contributed by atoms with Gasteiger partial charge in [-0.2, -0.15) is 5.10 Å². The molecule has 2 fully saturated rings. The van der Waals surface area contributed by atoms with Crippen molar-refractivity contribution in [3.8, 4) is 16.9 Å². The molecule has 2 aromatic heterocycles. The van der Waals surface area contributed by atoms with Gasteiger partial charge in [-0.05, 0) is 77.0 Å². The highest BCUT2D eigenvalue weighted by Gasteiger charge is 2.48. The second-order valence-electron chi connectivity index (χ2n) is 11.9. The number of carbonyl (C=O) groups excluding carboxylic acids is 1. The first-order chi connectivity index (χ1) is 18.8. The Morgan fingerprint density at radius 1 is 1.23 bits per heavy atom. The fraction of sp³-hybridized carbons (Fsp3) is 0.483. The summed E-state index contributed by atoms with van der Waals surface area (Å²) in [6, 6.07) is 4.69. The number of hydrogen-bond donors (Lipinski definition) is 1. The molecule has 214 valence electrons. The van der Waals surface area contributed by atoms with Crippen LogP contribution in [0.1, 0.15) is 71.1 Å². The molecule has 1 amide bonds. The molecule has 1 aliphatic heterocycles. The maximum atomic E-state index is 14.0. The third-order valence-electron chi connectivity index (χ3n) is 7.63. The SMILES string of the molecule is CC(Oc1cc(-c2cnn(C3CC4(CCCN(C(=O)OC(C)(C)C)C4)C3)c2)cnc1N)c1c(Cl)ccc(F)c1Cl. The number of likely N-dealkylation sites (tertiary alicyclic amines) is 1. The number of nitrogen functional groups attached to an aromatic ring is 1. The summed E-state index contributed by atoms with van der Waals surface area (Å²) in [4.78, 5) is 18.8. The number of anilines is 1. The van der Waals surface area contributed by atoms with E-state index in [4.69, 9.17) is 38.4 Å². The molecule has 3 aromatic rings. The van der Waals surface area contributed by atoms with Crippen molar-refractivity contribution in [1.29, 1.82) is 0 Å². The van der Waals surface area contributed by atoms with E-state index in [2.05, 4.69) is 10.1 Å². The Labute approximate surface area is 243 Å². The molecule has 1 aliphatic carbocycles. The highest BCUT2D eigenvalue weighted by atomic mass is 35.5. The summed E-state index contributed by atoms with van der Waals surface area (Å²) in [5, 5.41) is 4.83. The molecule has 1 atom stereocenters. The van der Waals surface area contributed by atoms with Crippen LogP contribution in [0.5, 0.6) is 5.75 Å². The number of piperidine rings is 1. The summed E-state index contributed by atoms with van der Waals surface area (Å²) >= 11 is 12.4. The van der Waals surface area contributed by atoms with Gasteiger partial charge in [0.05, 0.1) is 17.3 Å². The molecule has 1 aromatic carbocycles. The molecule has 1 saturated heterocycles. The van der Waals surface area contributed by atoms with Crippen LogP contribution in [-0.4, -0.2) is 44.4 Å². The highest BCUT2D eigenvalue weighted by Crippen LogP contribution is 2.53. The fourth-order valence-electron chi connectivity index (χ4n) is 5.71. The van der Waals surface area contributed by atoms with Crippen molar-refractivity contribution in [3.63, 3.8) is 0 Å². The molecule has 0 radical (unpaired) electrons. The fourth-order valence-corrected chi connectivity index (χ4v) is 6.39. The quantitative estimate of drug-likeness (QED) is 0.310. The van der Waals surface area contributed by atoms with E-state index in [0.717, 1.165) is 43.4 Å². The van der Waals surface area contributed by atoms with Gasteiger partial charge in [0.15, 0.2) is 11.6 Å². The van der Waals surface area contributed by atoms with Gasteiger partial charge < -0.3 is 20.1 Å². The van der Waals surface area contributed by atoms with E-state index in [-0.39, 0.29) is 28.4 Å². The van der Waals surface area contributed by atoms with Gasteiger partial charge in [0.2, 0.25) is 0 Å². The lowest BCUT2D eigenvalue weighted by Crippen LogP contribution is -2.53. The smallest absolute Gasteiger partial charge is 0.410 e. The minimum absolute atomic E-state index is 0.0885. The Morgan fingerprint density at radius 3 is 2.70 bits per heavy atom. The van der Waals surface area contributed by atoms with Gasteiger partial charge in [-0.25, -0.2) is 14.2 Å². The molecule has 2 N–H and O–H groups in total. The van der Waals surface area contributed by atoms with Gasteiger partial charge in [-0.15, -0.1) is 0 Å². The van der Waals surface area contributed by atoms with Crippen LogP contribution < -0.4 is 10.5 Å². The van der Waals surface area contributed by atoms with E-state index < -0.39 is 17.5 Å². The van der Waals surface area contributed by atoms with E-state index in [9.17, 15) is 9.18 Å². The number of amides is 1. The Hall–Kier alpha value is -3.04. The Balaban J connectivity index is 1.26. The monoisotopic (exact) mass is 589 g/mol. The van der Waals surface area contributed by atoms with Crippen LogP contribution in [0, 0.1) is 11.2 Å². The molecular weight excluding hydrogens is 556 g/mol. The minimum Gasteiger partial charge on any atom is -0.482 e. The van der Waals surface area contributed by atoms with E-state index >= 15 is 0 Å². The minimum atomic E-state index is -0.667. The van der Waals surface area contributed by atoms with E-state index in [1.807, 2.05) is 36.5 Å². The summed E-state index contributed by atoms with van der Waals surface area (Å²) in [6.45, 7) is 8.84. The van der Waals surface area contributed by atoms with Crippen molar-refractivity contribution in [2.75, 3.05) is 18.8 Å². The van der Waals surface area contributed by atoms with Crippen molar-refractivity contribution < 1.29 is 18.7 Å². The molecule has 40 heavy (non-hydrogen) atoms. The summed E-state index contributed by atoms with van der Waals surface area (Å²) in [7, 11) is 0. The number of ether oxygens (including phenoxy) is 2. The van der Waals surface area contributed by atoms with Crippen LogP contribution in [0.15, 0.2) is 36.8 Å². The molecule has 3 heterocycles. The van der Waals surface area contributed by atoms with Crippen molar-refractivity contribution in [2.24, 2.45) is 5.41 Å². The average Bonchev–Trinajstić information content (AvgIpc) is 3.35. The van der Waals surface area contributed by atoms with Gasteiger partial charge in [-0.3, -0.25) is 4.68 Å². The first-order valence-corrected chi connectivity index (χ1v) is 14.2. The number of aromatic nitrogens is 3. The second-order valence-corrected chi connectivity index (χ2v) is 12.7. The van der Waals surface area contributed by atoms with E-state index in [0.29, 0.717) is 22.9 Å². The summed E-state index contributed by atoms with van der Waals surface area (Å²) < 4.78 is 27.7. The number of benzene rings is 1. The Kier molecular flexibility index (Phi) is 7.65.